The Bertz CT molecular complexity index is 775. The summed E-state index contributed by atoms with van der Waals surface area (Å²) in [5, 5.41) is 21.6. The highest BCUT2D eigenvalue weighted by Gasteiger charge is 2.19. The Morgan fingerprint density at radius 3 is 2.55 bits per heavy atom. The number of nitriles is 1. The van der Waals surface area contributed by atoms with Crippen LogP contribution in [0, 0.1) is 11.3 Å². The van der Waals surface area contributed by atoms with E-state index in [-0.39, 0.29) is 5.15 Å². The molecule has 0 fully saturated rings. The number of rotatable bonds is 2. The average Bonchev–Trinajstić information content (AvgIpc) is 2.86. The highest BCUT2D eigenvalue weighted by atomic mass is 35.5. The first kappa shape index (κ1) is 12.3. The molecule has 0 N–H and O–H groups in total. The van der Waals surface area contributed by atoms with Gasteiger partial charge in [-0.15, -0.1) is 5.10 Å². The van der Waals surface area contributed by atoms with Gasteiger partial charge in [0.2, 0.25) is 0 Å². The van der Waals surface area contributed by atoms with Crippen LogP contribution in [0.25, 0.3) is 17.1 Å². The van der Waals surface area contributed by atoms with Crippen LogP contribution >= 0.6 is 11.6 Å². The monoisotopic (exact) mass is 281 g/mol. The normalized spacial score (nSPS) is 10.2. The summed E-state index contributed by atoms with van der Waals surface area (Å²) in [6, 6.07) is 15.0. The number of hydrogen-bond acceptors (Lipinski definition) is 4. The third-order valence-corrected chi connectivity index (χ3v) is 3.11. The smallest absolute Gasteiger partial charge is 0.177 e. The van der Waals surface area contributed by atoms with E-state index in [0.29, 0.717) is 17.1 Å². The number of nitrogens with zero attached hydrogens (tertiary/aromatic N) is 5. The summed E-state index contributed by atoms with van der Waals surface area (Å²) in [5.41, 5.74) is 1.68. The Kier molecular flexibility index (Phi) is 3.15. The molecule has 2 aromatic heterocycles. The van der Waals surface area contributed by atoms with Crippen molar-refractivity contribution < 1.29 is 0 Å². The molecule has 0 radical (unpaired) electrons. The second-order valence-electron chi connectivity index (χ2n) is 3.99. The first-order valence-electron chi connectivity index (χ1n) is 5.83. The number of benzene rings is 1. The van der Waals surface area contributed by atoms with E-state index < -0.39 is 0 Å². The van der Waals surface area contributed by atoms with Crippen molar-refractivity contribution in [2.75, 3.05) is 0 Å². The topological polar surface area (TPSA) is 67.4 Å². The largest absolute Gasteiger partial charge is 0.200 e. The molecule has 0 aliphatic carbocycles. The van der Waals surface area contributed by atoms with Crippen LogP contribution in [-0.4, -0.2) is 20.0 Å². The van der Waals surface area contributed by atoms with Crippen molar-refractivity contribution in [1.29, 1.82) is 5.26 Å². The van der Waals surface area contributed by atoms with Gasteiger partial charge >= 0.3 is 0 Å². The van der Waals surface area contributed by atoms with Crippen LogP contribution in [-0.2, 0) is 0 Å². The molecule has 5 nitrogen and oxygen atoms in total. The van der Waals surface area contributed by atoms with Crippen molar-refractivity contribution in [1.82, 2.24) is 20.0 Å². The van der Waals surface area contributed by atoms with Gasteiger partial charge in [-0.2, -0.15) is 15.5 Å². The lowest BCUT2D eigenvalue weighted by Gasteiger charge is -1.99. The second-order valence-corrected chi connectivity index (χ2v) is 4.34. The van der Waals surface area contributed by atoms with Crippen LogP contribution in [0.15, 0.2) is 48.7 Å². The van der Waals surface area contributed by atoms with Crippen LogP contribution in [0.3, 0.4) is 0 Å². The van der Waals surface area contributed by atoms with E-state index in [1.54, 1.807) is 18.3 Å². The van der Waals surface area contributed by atoms with E-state index in [1.807, 2.05) is 30.3 Å². The van der Waals surface area contributed by atoms with Gasteiger partial charge in [-0.3, -0.25) is 0 Å². The van der Waals surface area contributed by atoms with Crippen LogP contribution in [0.1, 0.15) is 5.56 Å². The Morgan fingerprint density at radius 1 is 1.10 bits per heavy atom. The summed E-state index contributed by atoms with van der Waals surface area (Å²) in [6.45, 7) is 0. The first-order valence-corrected chi connectivity index (χ1v) is 6.21. The lowest BCUT2D eigenvalue weighted by Crippen LogP contribution is -2.00. The quantitative estimate of drug-likeness (QED) is 0.724. The molecule has 0 bridgehead atoms. The fraction of sp³-hybridized carbons (Fsp3) is 0. The van der Waals surface area contributed by atoms with Crippen molar-refractivity contribution in [2.45, 2.75) is 0 Å². The van der Waals surface area contributed by atoms with Gasteiger partial charge in [0.25, 0.3) is 0 Å². The molecule has 0 amide bonds. The summed E-state index contributed by atoms with van der Waals surface area (Å²) in [6.07, 6.45) is 1.56. The van der Waals surface area contributed by atoms with Crippen LogP contribution in [0.5, 0.6) is 0 Å². The molecule has 2 heterocycles. The molecular weight excluding hydrogens is 274 g/mol. The fourth-order valence-corrected chi connectivity index (χ4v) is 2.11. The third-order valence-electron chi connectivity index (χ3n) is 2.76. The predicted molar refractivity (Wildman–Crippen MR) is 74.3 cm³/mol. The molecule has 20 heavy (non-hydrogen) atoms. The minimum absolute atomic E-state index is 0.229. The molecule has 0 aliphatic rings. The third kappa shape index (κ3) is 2.02. The molecule has 0 aliphatic heterocycles. The van der Waals surface area contributed by atoms with Crippen molar-refractivity contribution in [3.63, 3.8) is 0 Å². The summed E-state index contributed by atoms with van der Waals surface area (Å²) in [7, 11) is 0. The number of aromatic nitrogens is 4. The number of hydrogen-bond donors (Lipinski definition) is 0. The summed E-state index contributed by atoms with van der Waals surface area (Å²) < 4.78 is 1.41. The van der Waals surface area contributed by atoms with Gasteiger partial charge < -0.3 is 0 Å². The summed E-state index contributed by atoms with van der Waals surface area (Å²) >= 11 is 6.22. The van der Waals surface area contributed by atoms with Gasteiger partial charge in [-0.1, -0.05) is 41.9 Å². The molecule has 6 heteroatoms. The summed E-state index contributed by atoms with van der Waals surface area (Å²) in [5.74, 6) is 0.469. The van der Waals surface area contributed by atoms with Crippen molar-refractivity contribution in [2.24, 2.45) is 0 Å². The minimum atomic E-state index is 0.229. The van der Waals surface area contributed by atoms with E-state index in [9.17, 15) is 5.26 Å². The van der Waals surface area contributed by atoms with Gasteiger partial charge in [-0.25, -0.2) is 4.68 Å². The minimum Gasteiger partial charge on any atom is -0.200 e. The van der Waals surface area contributed by atoms with E-state index >= 15 is 0 Å². The first-order chi connectivity index (χ1) is 9.81. The Labute approximate surface area is 120 Å². The lowest BCUT2D eigenvalue weighted by molar-refractivity contribution is 0.817. The SMILES string of the molecule is N#Cc1c(-c2ccccc2)nn(-c2cccnn2)c1Cl. The zero-order chi connectivity index (χ0) is 13.9. The van der Waals surface area contributed by atoms with Crippen molar-refractivity contribution in [3.05, 3.63) is 59.4 Å². The maximum atomic E-state index is 9.30. The van der Waals surface area contributed by atoms with Gasteiger partial charge in [0.1, 0.15) is 17.3 Å². The van der Waals surface area contributed by atoms with E-state index in [2.05, 4.69) is 21.4 Å². The molecule has 96 valence electrons. The second kappa shape index (κ2) is 5.11. The maximum absolute atomic E-state index is 9.30. The average molecular weight is 282 g/mol. The molecular formula is C14H8ClN5. The van der Waals surface area contributed by atoms with Gasteiger partial charge in [0, 0.05) is 11.8 Å². The van der Waals surface area contributed by atoms with Crippen molar-refractivity contribution in [3.8, 4) is 23.1 Å². The van der Waals surface area contributed by atoms with E-state index in [1.165, 1.54) is 4.68 Å². The molecule has 0 saturated carbocycles. The molecule has 0 saturated heterocycles. The maximum Gasteiger partial charge on any atom is 0.177 e. The molecule has 3 aromatic rings. The van der Waals surface area contributed by atoms with Gasteiger partial charge in [0.15, 0.2) is 11.0 Å². The highest BCUT2D eigenvalue weighted by Crippen LogP contribution is 2.29. The van der Waals surface area contributed by atoms with E-state index in [0.717, 1.165) is 5.56 Å². The Balaban J connectivity index is 2.22. The Hall–Kier alpha value is -2.71. The summed E-state index contributed by atoms with van der Waals surface area (Å²) in [4.78, 5) is 0. The van der Waals surface area contributed by atoms with Crippen LogP contribution in [0.4, 0.5) is 0 Å². The molecule has 0 spiro atoms. The van der Waals surface area contributed by atoms with Gasteiger partial charge in [-0.05, 0) is 12.1 Å². The molecule has 0 unspecified atom stereocenters. The van der Waals surface area contributed by atoms with Crippen LogP contribution in [0.2, 0.25) is 5.15 Å². The molecule has 0 atom stereocenters. The van der Waals surface area contributed by atoms with Crippen molar-refractivity contribution >= 4 is 11.6 Å². The number of halogens is 1. The molecule has 3 rings (SSSR count). The van der Waals surface area contributed by atoms with E-state index in [4.69, 9.17) is 11.6 Å². The lowest BCUT2D eigenvalue weighted by atomic mass is 10.1. The standard InChI is InChI=1S/C14H8ClN5/c15-14-11(9-16)13(10-5-2-1-3-6-10)19-20(14)12-7-4-8-17-18-12/h1-8H. The predicted octanol–water partition coefficient (Wildman–Crippen LogP) is 2.85. The highest BCUT2D eigenvalue weighted by molar-refractivity contribution is 6.31. The van der Waals surface area contributed by atoms with Crippen LogP contribution < -0.4 is 0 Å². The fourth-order valence-electron chi connectivity index (χ4n) is 1.85. The Morgan fingerprint density at radius 2 is 1.90 bits per heavy atom. The zero-order valence-corrected chi connectivity index (χ0v) is 11.0. The zero-order valence-electron chi connectivity index (χ0n) is 10.2. The molecule has 1 aromatic carbocycles. The van der Waals surface area contributed by atoms with Gasteiger partial charge in [0.05, 0.1) is 0 Å².